The van der Waals surface area contributed by atoms with Crippen LogP contribution in [0.5, 0.6) is 5.75 Å². The van der Waals surface area contributed by atoms with Gasteiger partial charge in [-0.15, -0.1) is 10.1 Å². The fourth-order valence-corrected chi connectivity index (χ4v) is 2.71. The Balaban J connectivity index is 2.22. The lowest BCUT2D eigenvalue weighted by Gasteiger charge is -2.29. The number of aryl methyl sites for hydroxylation is 1. The maximum absolute atomic E-state index is 13.4. The zero-order valence-corrected chi connectivity index (χ0v) is 15.6. The number of hydrogen-bond acceptors (Lipinski definition) is 8. The number of esters is 2. The van der Waals surface area contributed by atoms with Gasteiger partial charge in [0, 0.05) is 17.5 Å². The van der Waals surface area contributed by atoms with Crippen LogP contribution in [0.4, 0.5) is 13.2 Å². The summed E-state index contributed by atoms with van der Waals surface area (Å²) >= 11 is 5.89. The van der Waals surface area contributed by atoms with Gasteiger partial charge in [0.15, 0.2) is 6.61 Å². The Hall–Kier alpha value is -3.02. The maximum atomic E-state index is 13.4. The summed E-state index contributed by atoms with van der Waals surface area (Å²) in [5, 5.41) is 8.97. The lowest BCUT2D eigenvalue weighted by Crippen LogP contribution is -2.41. The lowest BCUT2D eigenvalue weighted by molar-refractivity contribution is -0.754. The van der Waals surface area contributed by atoms with Crippen molar-refractivity contribution in [1.29, 1.82) is 0 Å². The molecule has 1 aromatic rings. The van der Waals surface area contributed by atoms with Crippen molar-refractivity contribution < 1.29 is 46.9 Å². The third-order valence-corrected chi connectivity index (χ3v) is 3.71. The topological polar surface area (TPSA) is 114 Å². The van der Waals surface area contributed by atoms with Crippen molar-refractivity contribution in [3.63, 3.8) is 0 Å². The van der Waals surface area contributed by atoms with Crippen molar-refractivity contribution in [2.45, 2.75) is 32.4 Å². The maximum Gasteiger partial charge on any atom is 0.430 e. The number of fused-ring (bicyclic) bond motifs is 1. The summed E-state index contributed by atoms with van der Waals surface area (Å²) < 4.78 is 54.4. The van der Waals surface area contributed by atoms with E-state index in [1.54, 1.807) is 0 Å². The Morgan fingerprint density at radius 2 is 2.00 bits per heavy atom. The highest BCUT2D eigenvalue weighted by Crippen LogP contribution is 2.40. The van der Waals surface area contributed by atoms with Gasteiger partial charge in [0.2, 0.25) is 12.4 Å². The second-order valence-electron chi connectivity index (χ2n) is 5.74. The second kappa shape index (κ2) is 8.55. The van der Waals surface area contributed by atoms with Crippen LogP contribution in [0.3, 0.4) is 0 Å². The van der Waals surface area contributed by atoms with Crippen molar-refractivity contribution in [3.8, 4) is 5.75 Å². The van der Waals surface area contributed by atoms with Gasteiger partial charge >= 0.3 is 18.1 Å². The first-order chi connectivity index (χ1) is 13.4. The number of nitrogens with zero attached hydrogens (tertiary/aromatic N) is 1. The standard InChI is InChI=1S/C16H13ClF3NO8/c1-7-3-10(17)4-9-5-11(14(16(18,19)20)29-13(7)9)15(23)28-8(2)27-12(22)6-26-21(24)25/h3-5,8,14H,6H2,1-2H3/t8-,14?/m1/s1. The Bertz CT molecular complexity index is 870. The highest BCUT2D eigenvalue weighted by Gasteiger charge is 2.49. The SMILES string of the molecule is Cc1cc(Cl)cc2c1OC(C(F)(F)F)C(C(=O)O[C@H](C)OC(=O)CO[N+](=O)[O-])=C2. The van der Waals surface area contributed by atoms with Crippen molar-refractivity contribution in [1.82, 2.24) is 0 Å². The van der Waals surface area contributed by atoms with Gasteiger partial charge in [0.1, 0.15) is 5.75 Å². The molecule has 29 heavy (non-hydrogen) atoms. The quantitative estimate of drug-likeness (QED) is 0.287. The lowest BCUT2D eigenvalue weighted by atomic mass is 9.99. The summed E-state index contributed by atoms with van der Waals surface area (Å²) in [6, 6.07) is 2.71. The summed E-state index contributed by atoms with van der Waals surface area (Å²) in [4.78, 5) is 37.3. The van der Waals surface area contributed by atoms with E-state index in [0.29, 0.717) is 5.56 Å². The highest BCUT2D eigenvalue weighted by atomic mass is 35.5. The molecule has 158 valence electrons. The van der Waals surface area contributed by atoms with Crippen LogP contribution in [-0.2, 0) is 23.9 Å². The fraction of sp³-hybridized carbons (Fsp3) is 0.375. The number of ether oxygens (including phenoxy) is 3. The largest absolute Gasteiger partial charge is 0.475 e. The predicted octanol–water partition coefficient (Wildman–Crippen LogP) is 3.00. The molecule has 0 spiro atoms. The van der Waals surface area contributed by atoms with Gasteiger partial charge in [0.25, 0.3) is 5.09 Å². The van der Waals surface area contributed by atoms with Crippen LogP contribution in [0, 0.1) is 17.0 Å². The van der Waals surface area contributed by atoms with Crippen LogP contribution in [0.25, 0.3) is 6.08 Å². The van der Waals surface area contributed by atoms with E-state index in [9.17, 15) is 32.9 Å². The normalized spacial score (nSPS) is 16.6. The Labute approximate surface area is 166 Å². The van der Waals surface area contributed by atoms with Crippen LogP contribution in [0.15, 0.2) is 17.7 Å². The van der Waals surface area contributed by atoms with E-state index in [0.717, 1.165) is 13.0 Å². The fourth-order valence-electron chi connectivity index (χ4n) is 2.43. The number of carbonyl (C=O) groups excluding carboxylic acids is 2. The first-order valence-corrected chi connectivity index (χ1v) is 8.19. The summed E-state index contributed by atoms with van der Waals surface area (Å²) in [7, 11) is 0. The van der Waals surface area contributed by atoms with Gasteiger partial charge in [-0.2, -0.15) is 13.2 Å². The second-order valence-corrected chi connectivity index (χ2v) is 6.18. The molecule has 0 aliphatic carbocycles. The molecule has 0 bridgehead atoms. The summed E-state index contributed by atoms with van der Waals surface area (Å²) in [5.41, 5.74) is -0.430. The highest BCUT2D eigenvalue weighted by molar-refractivity contribution is 6.30. The number of benzene rings is 1. The molecule has 1 aliphatic heterocycles. The molecule has 1 unspecified atom stereocenters. The number of carbonyl (C=O) groups is 2. The molecular formula is C16H13ClF3NO8. The van der Waals surface area contributed by atoms with E-state index >= 15 is 0 Å². The van der Waals surface area contributed by atoms with E-state index < -0.39 is 47.8 Å². The summed E-state index contributed by atoms with van der Waals surface area (Å²) in [6.45, 7) is 1.44. The molecule has 0 saturated carbocycles. The minimum atomic E-state index is -4.95. The molecule has 1 aromatic carbocycles. The van der Waals surface area contributed by atoms with Crippen LogP contribution in [0.2, 0.25) is 5.02 Å². The van der Waals surface area contributed by atoms with Crippen molar-refractivity contribution in [2.24, 2.45) is 0 Å². The van der Waals surface area contributed by atoms with Gasteiger partial charge in [-0.05, 0) is 30.7 Å². The van der Waals surface area contributed by atoms with E-state index in [4.69, 9.17) is 16.3 Å². The molecule has 0 fully saturated rings. The molecule has 1 heterocycles. The minimum absolute atomic E-state index is 0.0929. The summed E-state index contributed by atoms with van der Waals surface area (Å²) in [5.74, 6) is -2.83. The van der Waals surface area contributed by atoms with Crippen LogP contribution >= 0.6 is 11.6 Å². The molecule has 0 N–H and O–H groups in total. The van der Waals surface area contributed by atoms with Gasteiger partial charge < -0.3 is 19.0 Å². The van der Waals surface area contributed by atoms with E-state index in [-0.39, 0.29) is 16.3 Å². The van der Waals surface area contributed by atoms with Crippen molar-refractivity contribution >= 4 is 29.6 Å². The molecule has 0 amide bonds. The Morgan fingerprint density at radius 3 is 2.59 bits per heavy atom. The Kier molecular flexibility index (Phi) is 6.57. The van der Waals surface area contributed by atoms with Gasteiger partial charge in [-0.3, -0.25) is 0 Å². The average molecular weight is 440 g/mol. The zero-order chi connectivity index (χ0) is 21.9. The molecule has 2 atom stereocenters. The number of hydrogen-bond donors (Lipinski definition) is 0. The third kappa shape index (κ3) is 5.73. The van der Waals surface area contributed by atoms with Crippen molar-refractivity contribution in [3.05, 3.63) is 44.0 Å². The zero-order valence-electron chi connectivity index (χ0n) is 14.8. The molecule has 0 aromatic heterocycles. The van der Waals surface area contributed by atoms with Gasteiger partial charge in [0.05, 0.1) is 5.57 Å². The molecule has 13 heteroatoms. The monoisotopic (exact) mass is 439 g/mol. The molecule has 2 rings (SSSR count). The number of rotatable bonds is 6. The summed E-state index contributed by atoms with van der Waals surface area (Å²) in [6.07, 6.45) is -8.30. The Morgan fingerprint density at radius 1 is 1.34 bits per heavy atom. The number of alkyl halides is 3. The average Bonchev–Trinajstić information content (AvgIpc) is 2.57. The van der Waals surface area contributed by atoms with E-state index in [2.05, 4.69) is 14.3 Å². The van der Waals surface area contributed by atoms with Crippen molar-refractivity contribution in [2.75, 3.05) is 6.61 Å². The minimum Gasteiger partial charge on any atom is -0.475 e. The number of halogens is 4. The third-order valence-electron chi connectivity index (χ3n) is 3.49. The molecule has 0 radical (unpaired) electrons. The molecular weight excluding hydrogens is 427 g/mol. The van der Waals surface area contributed by atoms with Crippen LogP contribution < -0.4 is 4.74 Å². The van der Waals surface area contributed by atoms with Gasteiger partial charge in [-0.25, -0.2) is 9.59 Å². The van der Waals surface area contributed by atoms with E-state index in [1.165, 1.54) is 19.1 Å². The van der Waals surface area contributed by atoms with Crippen LogP contribution in [-0.4, -0.2) is 42.2 Å². The molecule has 1 aliphatic rings. The van der Waals surface area contributed by atoms with E-state index in [1.807, 2.05) is 0 Å². The smallest absolute Gasteiger partial charge is 0.430 e. The first-order valence-electron chi connectivity index (χ1n) is 7.81. The molecule has 0 saturated heterocycles. The predicted molar refractivity (Wildman–Crippen MR) is 89.2 cm³/mol. The molecule has 9 nitrogen and oxygen atoms in total. The van der Waals surface area contributed by atoms with Crippen LogP contribution in [0.1, 0.15) is 18.1 Å². The van der Waals surface area contributed by atoms with Gasteiger partial charge in [-0.1, -0.05) is 11.6 Å². The first kappa shape index (κ1) is 22.3.